The normalized spacial score (nSPS) is 17.7. The molecular formula is C14H29N3O3S. The van der Waals surface area contributed by atoms with Gasteiger partial charge in [0.1, 0.15) is 0 Å². The lowest BCUT2D eigenvalue weighted by atomic mass is 9.96. The maximum absolute atomic E-state index is 11.9. The molecule has 1 rings (SSSR count). The fourth-order valence-electron chi connectivity index (χ4n) is 2.37. The first kappa shape index (κ1) is 18.4. The highest BCUT2D eigenvalue weighted by Gasteiger charge is 2.18. The first-order chi connectivity index (χ1) is 9.68. The second-order valence-electron chi connectivity index (χ2n) is 6.74. The molecule has 1 heterocycles. The van der Waals surface area contributed by atoms with Crippen molar-refractivity contribution in [3.8, 4) is 0 Å². The standard InChI is InChI=1S/C14H29N3O3S/c1-14(2,3)17-13(18)6-10-16-21(19,20)11-7-12-4-8-15-9-5-12/h12,15-16H,4-11H2,1-3H3,(H,17,18). The zero-order chi connectivity index (χ0) is 15.9. The maximum atomic E-state index is 11.9. The molecule has 1 fully saturated rings. The minimum absolute atomic E-state index is 0.136. The minimum atomic E-state index is -3.27. The average molecular weight is 319 g/mol. The second kappa shape index (κ2) is 8.10. The van der Waals surface area contributed by atoms with Gasteiger partial charge in [-0.15, -0.1) is 0 Å². The maximum Gasteiger partial charge on any atom is 0.221 e. The molecule has 0 aliphatic carbocycles. The molecule has 0 saturated carbocycles. The van der Waals surface area contributed by atoms with E-state index >= 15 is 0 Å². The van der Waals surface area contributed by atoms with Gasteiger partial charge in [-0.1, -0.05) is 0 Å². The van der Waals surface area contributed by atoms with E-state index < -0.39 is 10.0 Å². The summed E-state index contributed by atoms with van der Waals surface area (Å²) in [5.41, 5.74) is -0.287. The summed E-state index contributed by atoms with van der Waals surface area (Å²) in [6.45, 7) is 7.81. The molecule has 0 spiro atoms. The van der Waals surface area contributed by atoms with E-state index in [2.05, 4.69) is 15.4 Å². The van der Waals surface area contributed by atoms with Crippen molar-refractivity contribution in [1.82, 2.24) is 15.4 Å². The molecule has 3 N–H and O–H groups in total. The molecular weight excluding hydrogens is 290 g/mol. The molecule has 0 atom stereocenters. The molecule has 1 aliphatic heterocycles. The quantitative estimate of drug-likeness (QED) is 0.641. The Morgan fingerprint density at radius 2 is 1.86 bits per heavy atom. The third-order valence-electron chi connectivity index (χ3n) is 3.44. The summed E-state index contributed by atoms with van der Waals surface area (Å²) >= 11 is 0. The highest BCUT2D eigenvalue weighted by molar-refractivity contribution is 7.89. The minimum Gasteiger partial charge on any atom is -0.351 e. The zero-order valence-corrected chi connectivity index (χ0v) is 14.2. The number of piperidine rings is 1. The fraction of sp³-hybridized carbons (Fsp3) is 0.929. The Kier molecular flexibility index (Phi) is 7.09. The van der Waals surface area contributed by atoms with Crippen LogP contribution < -0.4 is 15.4 Å². The van der Waals surface area contributed by atoms with Crippen molar-refractivity contribution in [3.05, 3.63) is 0 Å². The molecule has 1 aliphatic rings. The van der Waals surface area contributed by atoms with E-state index in [4.69, 9.17) is 0 Å². The van der Waals surface area contributed by atoms with Gasteiger partial charge in [0.05, 0.1) is 5.75 Å². The number of rotatable bonds is 7. The molecule has 124 valence electrons. The third-order valence-corrected chi connectivity index (χ3v) is 4.86. The second-order valence-corrected chi connectivity index (χ2v) is 8.67. The number of hydrogen-bond acceptors (Lipinski definition) is 4. The predicted octanol–water partition coefficient (Wildman–Crippen LogP) is 0.600. The van der Waals surface area contributed by atoms with Crippen molar-refractivity contribution in [2.75, 3.05) is 25.4 Å². The molecule has 1 amide bonds. The molecule has 1 saturated heterocycles. The van der Waals surface area contributed by atoms with Crippen LogP contribution in [0.4, 0.5) is 0 Å². The predicted molar refractivity (Wildman–Crippen MR) is 84.5 cm³/mol. The van der Waals surface area contributed by atoms with Gasteiger partial charge >= 0.3 is 0 Å². The van der Waals surface area contributed by atoms with Gasteiger partial charge in [0.25, 0.3) is 0 Å². The van der Waals surface area contributed by atoms with E-state index in [0.29, 0.717) is 12.3 Å². The Bertz CT molecular complexity index is 423. The van der Waals surface area contributed by atoms with Crippen LogP contribution in [0.25, 0.3) is 0 Å². The molecule has 0 aromatic heterocycles. The van der Waals surface area contributed by atoms with E-state index in [1.807, 2.05) is 20.8 Å². The van der Waals surface area contributed by atoms with Crippen LogP contribution in [-0.4, -0.2) is 45.3 Å². The van der Waals surface area contributed by atoms with Crippen LogP contribution >= 0.6 is 0 Å². The van der Waals surface area contributed by atoms with E-state index in [1.54, 1.807) is 0 Å². The number of hydrogen-bond donors (Lipinski definition) is 3. The van der Waals surface area contributed by atoms with Gasteiger partial charge in [-0.3, -0.25) is 4.79 Å². The Balaban J connectivity index is 2.21. The molecule has 0 bridgehead atoms. The molecule has 0 radical (unpaired) electrons. The van der Waals surface area contributed by atoms with Gasteiger partial charge in [-0.25, -0.2) is 13.1 Å². The Labute approximate surface area is 128 Å². The Hall–Kier alpha value is -0.660. The van der Waals surface area contributed by atoms with Crippen LogP contribution in [-0.2, 0) is 14.8 Å². The number of carbonyl (C=O) groups excluding carboxylic acids is 1. The molecule has 0 aromatic rings. The largest absolute Gasteiger partial charge is 0.351 e. The molecule has 21 heavy (non-hydrogen) atoms. The van der Waals surface area contributed by atoms with E-state index in [1.165, 1.54) is 0 Å². The SMILES string of the molecule is CC(C)(C)NC(=O)CCNS(=O)(=O)CCC1CCNCC1. The van der Waals surface area contributed by atoms with Crippen molar-refractivity contribution in [1.29, 1.82) is 0 Å². The lowest BCUT2D eigenvalue weighted by molar-refractivity contribution is -0.122. The summed E-state index contributed by atoms with van der Waals surface area (Å²) in [5.74, 6) is 0.508. The fourth-order valence-corrected chi connectivity index (χ4v) is 3.57. The lowest BCUT2D eigenvalue weighted by Gasteiger charge is -2.22. The zero-order valence-electron chi connectivity index (χ0n) is 13.4. The van der Waals surface area contributed by atoms with E-state index in [-0.39, 0.29) is 30.2 Å². The topological polar surface area (TPSA) is 87.3 Å². The molecule has 6 nitrogen and oxygen atoms in total. The highest BCUT2D eigenvalue weighted by Crippen LogP contribution is 2.16. The number of carbonyl (C=O) groups is 1. The molecule has 7 heteroatoms. The summed E-state index contributed by atoms with van der Waals surface area (Å²) in [5, 5.41) is 6.08. The Morgan fingerprint density at radius 1 is 1.24 bits per heavy atom. The van der Waals surface area contributed by atoms with Gasteiger partial charge in [0.2, 0.25) is 15.9 Å². The van der Waals surface area contributed by atoms with Crippen molar-refractivity contribution in [2.24, 2.45) is 5.92 Å². The monoisotopic (exact) mass is 319 g/mol. The van der Waals surface area contributed by atoms with Crippen molar-refractivity contribution in [3.63, 3.8) is 0 Å². The van der Waals surface area contributed by atoms with Crippen molar-refractivity contribution in [2.45, 2.75) is 52.0 Å². The summed E-state index contributed by atoms with van der Waals surface area (Å²) in [4.78, 5) is 11.6. The van der Waals surface area contributed by atoms with E-state index in [0.717, 1.165) is 25.9 Å². The molecule has 0 aromatic carbocycles. The van der Waals surface area contributed by atoms with Gasteiger partial charge in [0, 0.05) is 18.5 Å². The number of nitrogens with one attached hydrogen (secondary N) is 3. The van der Waals surface area contributed by atoms with Crippen LogP contribution in [0.3, 0.4) is 0 Å². The van der Waals surface area contributed by atoms with Gasteiger partial charge in [-0.05, 0) is 59.0 Å². The smallest absolute Gasteiger partial charge is 0.221 e. The first-order valence-electron chi connectivity index (χ1n) is 7.67. The van der Waals surface area contributed by atoms with Crippen LogP contribution in [0.15, 0.2) is 0 Å². The summed E-state index contributed by atoms with van der Waals surface area (Å²) < 4.78 is 26.3. The van der Waals surface area contributed by atoms with Crippen LogP contribution in [0.5, 0.6) is 0 Å². The van der Waals surface area contributed by atoms with Crippen LogP contribution in [0, 0.1) is 5.92 Å². The first-order valence-corrected chi connectivity index (χ1v) is 9.32. The lowest BCUT2D eigenvalue weighted by Crippen LogP contribution is -2.42. The van der Waals surface area contributed by atoms with Crippen molar-refractivity contribution >= 4 is 15.9 Å². The van der Waals surface area contributed by atoms with Crippen LogP contribution in [0.1, 0.15) is 46.5 Å². The average Bonchev–Trinajstić information content (AvgIpc) is 2.35. The summed E-state index contributed by atoms with van der Waals surface area (Å²) in [7, 11) is -3.27. The third kappa shape index (κ3) is 9.06. The number of sulfonamides is 1. The van der Waals surface area contributed by atoms with Gasteiger partial charge in [0.15, 0.2) is 0 Å². The number of amides is 1. The summed E-state index contributed by atoms with van der Waals surface area (Å²) in [6, 6.07) is 0. The summed E-state index contributed by atoms with van der Waals surface area (Å²) in [6.07, 6.45) is 2.96. The molecule has 0 unspecified atom stereocenters. The van der Waals surface area contributed by atoms with Crippen molar-refractivity contribution < 1.29 is 13.2 Å². The van der Waals surface area contributed by atoms with E-state index in [9.17, 15) is 13.2 Å². The van der Waals surface area contributed by atoms with Gasteiger partial charge < -0.3 is 10.6 Å². The van der Waals surface area contributed by atoms with Gasteiger partial charge in [-0.2, -0.15) is 0 Å². The van der Waals surface area contributed by atoms with Crippen LogP contribution in [0.2, 0.25) is 0 Å². The highest BCUT2D eigenvalue weighted by atomic mass is 32.2. The Morgan fingerprint density at radius 3 is 2.43 bits per heavy atom.